The molecule has 5 heteroatoms. The molecule has 2 aliphatic rings. The van der Waals surface area contributed by atoms with Crippen molar-refractivity contribution in [1.29, 1.82) is 0 Å². The lowest BCUT2D eigenvalue weighted by atomic mass is 9.79. The number of benzene rings is 1. The molecule has 1 aliphatic heterocycles. The average Bonchev–Trinajstić information content (AvgIpc) is 3.31. The maximum Gasteiger partial charge on any atom is 0.254 e. The molecule has 2 fully saturated rings. The quantitative estimate of drug-likeness (QED) is 0.816. The van der Waals surface area contributed by atoms with Gasteiger partial charge in [0.25, 0.3) is 5.91 Å². The number of carbonyl (C=O) groups excluding carboxylic acids is 1. The van der Waals surface area contributed by atoms with Crippen LogP contribution in [0.1, 0.15) is 41.8 Å². The Bertz CT molecular complexity index is 829. The van der Waals surface area contributed by atoms with E-state index in [2.05, 4.69) is 0 Å². The van der Waals surface area contributed by atoms with Crippen LogP contribution >= 0.6 is 0 Å². The summed E-state index contributed by atoms with van der Waals surface area (Å²) in [5.74, 6) is 1.70. The van der Waals surface area contributed by atoms with Crippen molar-refractivity contribution in [2.75, 3.05) is 20.8 Å². The summed E-state index contributed by atoms with van der Waals surface area (Å²) in [5.41, 5.74) is 1.37. The summed E-state index contributed by atoms with van der Waals surface area (Å²) in [7, 11) is 3.52. The zero-order valence-electron chi connectivity index (χ0n) is 16.2. The number of likely N-dealkylation sites (tertiary alicyclic amines) is 1. The third-order valence-corrected chi connectivity index (χ3v) is 6.27. The Morgan fingerprint density at radius 2 is 2.07 bits per heavy atom. The molecule has 1 aromatic heterocycles. The first-order valence-corrected chi connectivity index (χ1v) is 9.62. The van der Waals surface area contributed by atoms with E-state index in [-0.39, 0.29) is 23.7 Å². The zero-order chi connectivity index (χ0) is 19.0. The lowest BCUT2D eigenvalue weighted by molar-refractivity contribution is -0.0893. The van der Waals surface area contributed by atoms with Gasteiger partial charge < -0.3 is 18.8 Å². The maximum absolute atomic E-state index is 13.3. The van der Waals surface area contributed by atoms with Crippen LogP contribution in [0.4, 0.5) is 0 Å². The molecule has 5 nitrogen and oxygen atoms in total. The van der Waals surface area contributed by atoms with E-state index in [4.69, 9.17) is 13.9 Å². The van der Waals surface area contributed by atoms with Crippen molar-refractivity contribution in [3.63, 3.8) is 0 Å². The number of furan rings is 1. The second kappa shape index (κ2) is 7.13. The number of hydrogen-bond donors (Lipinski definition) is 0. The van der Waals surface area contributed by atoms with E-state index in [1.165, 1.54) is 0 Å². The van der Waals surface area contributed by atoms with Gasteiger partial charge in [0, 0.05) is 31.9 Å². The van der Waals surface area contributed by atoms with Crippen LogP contribution in [0.5, 0.6) is 0 Å². The number of ether oxygens (including phenoxy) is 2. The Labute approximate surface area is 160 Å². The summed E-state index contributed by atoms with van der Waals surface area (Å²) in [4.78, 5) is 15.3. The minimum Gasteiger partial charge on any atom is -0.461 e. The Kier molecular flexibility index (Phi) is 4.82. The van der Waals surface area contributed by atoms with Gasteiger partial charge in [0.05, 0.1) is 17.7 Å². The van der Waals surface area contributed by atoms with E-state index < -0.39 is 0 Å². The smallest absolute Gasteiger partial charge is 0.254 e. The number of methoxy groups -OCH3 is 2. The molecule has 1 aromatic carbocycles. The maximum atomic E-state index is 13.3. The van der Waals surface area contributed by atoms with Crippen molar-refractivity contribution in [2.45, 2.75) is 50.4 Å². The van der Waals surface area contributed by atoms with Crippen molar-refractivity contribution in [3.8, 4) is 11.3 Å². The SMILES string of the molecule is COC1CCC2(OC)CCN(C(=O)c3cccc(-c4ccc(C)o4)c3)C2C1. The van der Waals surface area contributed by atoms with Gasteiger partial charge in [0.1, 0.15) is 11.5 Å². The van der Waals surface area contributed by atoms with Crippen LogP contribution in [0, 0.1) is 6.92 Å². The second-order valence-corrected chi connectivity index (χ2v) is 7.66. The number of fused-ring (bicyclic) bond motifs is 1. The van der Waals surface area contributed by atoms with E-state index >= 15 is 0 Å². The number of hydrogen-bond acceptors (Lipinski definition) is 4. The first kappa shape index (κ1) is 18.3. The molecule has 0 bridgehead atoms. The Balaban J connectivity index is 1.61. The number of rotatable bonds is 4. The van der Waals surface area contributed by atoms with Crippen molar-refractivity contribution in [3.05, 3.63) is 47.7 Å². The van der Waals surface area contributed by atoms with Gasteiger partial charge >= 0.3 is 0 Å². The predicted molar refractivity (Wildman–Crippen MR) is 103 cm³/mol. The molecule has 3 atom stereocenters. The molecular formula is C22H27NO4. The highest BCUT2D eigenvalue weighted by Crippen LogP contribution is 2.43. The third-order valence-electron chi connectivity index (χ3n) is 6.27. The lowest BCUT2D eigenvalue weighted by Gasteiger charge is -2.43. The summed E-state index contributed by atoms with van der Waals surface area (Å²) in [6.07, 6.45) is 3.81. The fraction of sp³-hybridized carbons (Fsp3) is 0.500. The van der Waals surface area contributed by atoms with Crippen molar-refractivity contribution in [2.24, 2.45) is 0 Å². The van der Waals surface area contributed by atoms with Crippen molar-refractivity contribution in [1.82, 2.24) is 4.90 Å². The van der Waals surface area contributed by atoms with Crippen LogP contribution in [0.3, 0.4) is 0 Å². The van der Waals surface area contributed by atoms with Gasteiger partial charge in [-0.05, 0) is 56.9 Å². The second-order valence-electron chi connectivity index (χ2n) is 7.66. The van der Waals surface area contributed by atoms with Crippen LogP contribution in [-0.4, -0.2) is 49.3 Å². The average molecular weight is 369 g/mol. The summed E-state index contributed by atoms with van der Waals surface area (Å²) >= 11 is 0. The van der Waals surface area contributed by atoms with E-state index in [1.54, 1.807) is 14.2 Å². The van der Waals surface area contributed by atoms with Crippen LogP contribution in [0.15, 0.2) is 40.8 Å². The molecule has 0 spiro atoms. The largest absolute Gasteiger partial charge is 0.461 e. The molecule has 1 saturated heterocycles. The van der Waals surface area contributed by atoms with Gasteiger partial charge in [0.2, 0.25) is 0 Å². The minimum absolute atomic E-state index is 0.0563. The number of nitrogens with zero attached hydrogens (tertiary/aromatic N) is 1. The number of aryl methyl sites for hydroxylation is 1. The normalized spacial score (nSPS) is 27.6. The van der Waals surface area contributed by atoms with Crippen LogP contribution in [0.2, 0.25) is 0 Å². The highest BCUT2D eigenvalue weighted by atomic mass is 16.5. The van der Waals surface area contributed by atoms with Crippen LogP contribution < -0.4 is 0 Å². The fourth-order valence-electron chi connectivity index (χ4n) is 4.68. The van der Waals surface area contributed by atoms with Gasteiger partial charge in [-0.25, -0.2) is 0 Å². The monoisotopic (exact) mass is 369 g/mol. The molecule has 0 N–H and O–H groups in total. The topological polar surface area (TPSA) is 51.9 Å². The van der Waals surface area contributed by atoms with Gasteiger partial charge in [-0.3, -0.25) is 4.79 Å². The predicted octanol–water partition coefficient (Wildman–Crippen LogP) is 4.05. The highest BCUT2D eigenvalue weighted by Gasteiger charge is 2.52. The van der Waals surface area contributed by atoms with E-state index in [9.17, 15) is 4.79 Å². The highest BCUT2D eigenvalue weighted by molar-refractivity contribution is 5.96. The summed E-state index contributed by atoms with van der Waals surface area (Å²) in [6, 6.07) is 11.6. The van der Waals surface area contributed by atoms with E-state index in [0.717, 1.165) is 49.3 Å². The molecule has 144 valence electrons. The molecule has 2 heterocycles. The molecule has 1 amide bonds. The third kappa shape index (κ3) is 3.19. The van der Waals surface area contributed by atoms with Gasteiger partial charge in [-0.1, -0.05) is 12.1 Å². The van der Waals surface area contributed by atoms with E-state index in [0.29, 0.717) is 5.56 Å². The first-order valence-electron chi connectivity index (χ1n) is 9.62. The Morgan fingerprint density at radius 3 is 2.78 bits per heavy atom. The zero-order valence-corrected chi connectivity index (χ0v) is 16.2. The number of amides is 1. The van der Waals surface area contributed by atoms with Gasteiger partial charge in [0.15, 0.2) is 0 Å². The molecule has 0 radical (unpaired) electrons. The Morgan fingerprint density at radius 1 is 1.22 bits per heavy atom. The molecule has 1 saturated carbocycles. The summed E-state index contributed by atoms with van der Waals surface area (Å²) < 4.78 is 17.3. The van der Waals surface area contributed by atoms with Crippen molar-refractivity contribution < 1.29 is 18.7 Å². The fourth-order valence-corrected chi connectivity index (χ4v) is 4.68. The molecule has 27 heavy (non-hydrogen) atoms. The summed E-state index contributed by atoms with van der Waals surface area (Å²) in [5, 5.41) is 0. The molecule has 3 unspecified atom stereocenters. The molecular weight excluding hydrogens is 342 g/mol. The standard InChI is InChI=1S/C22H27NO4/c1-15-7-8-19(27-15)16-5-4-6-17(13-16)21(24)23-12-11-22(26-3)10-9-18(25-2)14-20(22)23/h4-8,13,18,20H,9-12,14H2,1-3H3. The Hall–Kier alpha value is -2.11. The molecule has 1 aliphatic carbocycles. The van der Waals surface area contributed by atoms with E-state index in [1.807, 2.05) is 48.2 Å². The van der Waals surface area contributed by atoms with Crippen LogP contribution in [-0.2, 0) is 9.47 Å². The van der Waals surface area contributed by atoms with Crippen LogP contribution in [0.25, 0.3) is 11.3 Å². The lowest BCUT2D eigenvalue weighted by Crippen LogP contribution is -2.53. The van der Waals surface area contributed by atoms with Crippen molar-refractivity contribution >= 4 is 5.91 Å². The van der Waals surface area contributed by atoms with Gasteiger partial charge in [-0.2, -0.15) is 0 Å². The first-order chi connectivity index (χ1) is 13.1. The van der Waals surface area contributed by atoms with Gasteiger partial charge in [-0.15, -0.1) is 0 Å². The molecule has 2 aromatic rings. The summed E-state index contributed by atoms with van der Waals surface area (Å²) in [6.45, 7) is 2.64. The minimum atomic E-state index is -0.236. The number of carbonyl (C=O) groups is 1. The molecule has 4 rings (SSSR count).